The van der Waals surface area contributed by atoms with Crippen LogP contribution in [0.4, 0.5) is 11.4 Å². The zero-order valence-electron chi connectivity index (χ0n) is 24.7. The van der Waals surface area contributed by atoms with E-state index in [4.69, 9.17) is 23.3 Å². The molecule has 1 aromatic carbocycles. The first-order valence-corrected chi connectivity index (χ1v) is 14.9. The number of hydrogen-bond donors (Lipinski definition) is 8. The summed E-state index contributed by atoms with van der Waals surface area (Å²) < 4.78 is 31.6. The largest absolute Gasteiger partial charge is 0.510 e. The van der Waals surface area contributed by atoms with Gasteiger partial charge in [-0.15, -0.1) is 0 Å². The zero-order chi connectivity index (χ0) is 33.6. The van der Waals surface area contributed by atoms with Gasteiger partial charge in [-0.2, -0.15) is 8.42 Å². The molecule has 3 aliphatic rings. The average Bonchev–Trinajstić information content (AvgIpc) is 2.87. The number of primary amides is 1. The molecule has 2 amide bonds. The van der Waals surface area contributed by atoms with Crippen LogP contribution in [0.2, 0.25) is 0 Å². The second kappa shape index (κ2) is 12.2. The number of nitrogens with zero attached hydrogens (tertiary/aromatic N) is 2. The van der Waals surface area contributed by atoms with Gasteiger partial charge in [-0.3, -0.25) is 33.2 Å². The van der Waals surface area contributed by atoms with Gasteiger partial charge in [0.1, 0.15) is 17.1 Å². The molecule has 2 unspecified atom stereocenters. The Labute approximate surface area is 253 Å². The fourth-order valence-electron chi connectivity index (χ4n) is 6.43. The van der Waals surface area contributed by atoms with Crippen molar-refractivity contribution < 1.29 is 57.1 Å². The Balaban J connectivity index is 0.000000978. The summed E-state index contributed by atoms with van der Waals surface area (Å²) in [6.07, 6.45) is 0.159. The highest BCUT2D eigenvalue weighted by molar-refractivity contribution is 7.79. The summed E-state index contributed by atoms with van der Waals surface area (Å²) in [5, 5.41) is 47.7. The molecule has 0 radical (unpaired) electrons. The van der Waals surface area contributed by atoms with Gasteiger partial charge in [0.05, 0.1) is 17.3 Å². The van der Waals surface area contributed by atoms with E-state index in [-0.39, 0.29) is 29.7 Å². The number of Topliss-reactive ketones (excluding diaryl/α,β-unsaturated/α-hetero) is 2. The maximum absolute atomic E-state index is 14.0. The molecule has 4 rings (SSSR count). The Kier molecular flexibility index (Phi) is 9.52. The van der Waals surface area contributed by atoms with Crippen molar-refractivity contribution in [2.45, 2.75) is 45.3 Å². The number of fused-ring (bicyclic) bond motifs is 3. The maximum atomic E-state index is 14.0. The Hall–Kier alpha value is -4.03. The number of anilines is 2. The predicted molar refractivity (Wildman–Crippen MR) is 156 cm³/mol. The Bertz CT molecular complexity index is 1590. The minimum Gasteiger partial charge on any atom is -0.510 e. The van der Waals surface area contributed by atoms with Gasteiger partial charge in [0, 0.05) is 37.2 Å². The number of hydrogen-bond acceptors (Lipinski definition) is 12. The Morgan fingerprint density at radius 2 is 1.66 bits per heavy atom. The van der Waals surface area contributed by atoms with E-state index in [1.165, 1.54) is 11.8 Å². The molecule has 0 saturated heterocycles. The van der Waals surface area contributed by atoms with Crippen LogP contribution in [0.3, 0.4) is 0 Å². The van der Waals surface area contributed by atoms with Crippen molar-refractivity contribution in [1.82, 2.24) is 4.90 Å². The molecule has 0 bridgehead atoms. The summed E-state index contributed by atoms with van der Waals surface area (Å²) in [4.78, 5) is 54.8. The zero-order valence-corrected chi connectivity index (χ0v) is 25.5. The molecule has 0 aliphatic heterocycles. The molecular formula is C27H36N4O12S. The first-order chi connectivity index (χ1) is 20.2. The molecule has 242 valence electrons. The number of nitrogens with two attached hydrogens (primary N) is 1. The summed E-state index contributed by atoms with van der Waals surface area (Å²) in [5.74, 6) is -7.69. The SMILES string of the molecule is CCN(CC)c1cc(NC(C)=O)c(O)c2c1CC1CC3[C@H](N(C)C)C(O)=C(C(N)=O)C(=O)[C@@]3(O)C(O)=C1C2=O.O=S(=O)(O)O. The van der Waals surface area contributed by atoms with Crippen LogP contribution in [0.1, 0.15) is 43.1 Å². The number of carbonyl (C=O) groups is 4. The summed E-state index contributed by atoms with van der Waals surface area (Å²) >= 11 is 0. The number of rotatable bonds is 6. The number of amides is 2. The van der Waals surface area contributed by atoms with Crippen molar-refractivity contribution in [2.24, 2.45) is 17.6 Å². The standard InChI is InChI=1S/C27H34N4O8.H2O4S/c1-6-31(7-2)16-10-15(29-11(3)32)21(33)18-13(16)8-12-9-14-20(30(4)5)23(35)19(26(28)38)25(37)27(14,39)24(36)17(12)22(18)34;1-5(2,3)4/h10,12,14,20,33,35-36,39H,6-9H2,1-5H3,(H2,28,38)(H,29,32);(H2,1,2,3,4)/t12?,14?,20-,27-;/m0./s1. The van der Waals surface area contributed by atoms with E-state index in [0.717, 1.165) is 0 Å². The van der Waals surface area contributed by atoms with Gasteiger partial charge in [0.15, 0.2) is 17.1 Å². The Morgan fingerprint density at radius 3 is 2.11 bits per heavy atom. The minimum atomic E-state index is -4.67. The van der Waals surface area contributed by atoms with E-state index in [1.807, 2.05) is 18.7 Å². The van der Waals surface area contributed by atoms with Gasteiger partial charge in [0.25, 0.3) is 5.91 Å². The molecule has 1 aromatic rings. The fraction of sp³-hybridized carbons (Fsp3) is 0.481. The van der Waals surface area contributed by atoms with Crippen LogP contribution in [0, 0.1) is 11.8 Å². The number of phenolic OH excluding ortho intramolecular Hbond substituents is 1. The first kappa shape index (κ1) is 34.5. The van der Waals surface area contributed by atoms with E-state index in [2.05, 4.69) is 5.32 Å². The number of aliphatic hydroxyl groups excluding tert-OH is 2. The highest BCUT2D eigenvalue weighted by atomic mass is 32.3. The number of likely N-dealkylation sites (N-methyl/N-ethyl adjacent to an activating group) is 1. The van der Waals surface area contributed by atoms with E-state index in [0.29, 0.717) is 24.3 Å². The average molecular weight is 641 g/mol. The predicted octanol–water partition coefficient (Wildman–Crippen LogP) is 0.272. The van der Waals surface area contributed by atoms with Crippen molar-refractivity contribution >= 4 is 45.2 Å². The van der Waals surface area contributed by atoms with Crippen LogP contribution in [0.15, 0.2) is 28.7 Å². The van der Waals surface area contributed by atoms with Crippen molar-refractivity contribution in [2.75, 3.05) is 37.4 Å². The second-order valence-electron chi connectivity index (χ2n) is 10.9. The van der Waals surface area contributed by atoms with E-state index in [9.17, 15) is 39.6 Å². The summed E-state index contributed by atoms with van der Waals surface area (Å²) in [6, 6.07) is 0.539. The number of carbonyl (C=O) groups excluding carboxylic acids is 4. The number of ketones is 2. The van der Waals surface area contributed by atoms with Crippen molar-refractivity contribution in [3.63, 3.8) is 0 Å². The fourth-order valence-corrected chi connectivity index (χ4v) is 6.43. The van der Waals surface area contributed by atoms with Crippen LogP contribution in [-0.4, -0.2) is 105 Å². The summed E-state index contributed by atoms with van der Waals surface area (Å²) in [7, 11) is -1.51. The molecule has 0 fully saturated rings. The molecule has 17 heteroatoms. The third kappa shape index (κ3) is 5.88. The van der Waals surface area contributed by atoms with Crippen LogP contribution < -0.4 is 16.0 Å². The molecule has 0 saturated carbocycles. The lowest BCUT2D eigenvalue weighted by atomic mass is 9.58. The smallest absolute Gasteiger partial charge is 0.394 e. The van der Waals surface area contributed by atoms with Crippen LogP contribution in [0.25, 0.3) is 0 Å². The second-order valence-corrected chi connectivity index (χ2v) is 11.8. The van der Waals surface area contributed by atoms with Crippen LogP contribution in [0.5, 0.6) is 5.75 Å². The molecular weight excluding hydrogens is 604 g/mol. The van der Waals surface area contributed by atoms with E-state index < -0.39 is 80.1 Å². The van der Waals surface area contributed by atoms with Gasteiger partial charge >= 0.3 is 10.4 Å². The highest BCUT2D eigenvalue weighted by Crippen LogP contribution is 2.54. The number of phenols is 1. The number of aromatic hydroxyl groups is 1. The van der Waals surface area contributed by atoms with Gasteiger partial charge in [0.2, 0.25) is 11.7 Å². The maximum Gasteiger partial charge on any atom is 0.394 e. The van der Waals surface area contributed by atoms with Gasteiger partial charge < -0.3 is 36.4 Å². The number of benzene rings is 1. The molecule has 0 aromatic heterocycles. The normalized spacial score (nSPS) is 24.6. The van der Waals surface area contributed by atoms with Crippen molar-refractivity contribution in [3.05, 3.63) is 39.9 Å². The highest BCUT2D eigenvalue weighted by Gasteiger charge is 2.63. The third-order valence-corrected chi connectivity index (χ3v) is 8.11. The molecule has 4 atom stereocenters. The summed E-state index contributed by atoms with van der Waals surface area (Å²) in [5.41, 5.74) is 2.52. The molecule has 0 spiro atoms. The molecule has 44 heavy (non-hydrogen) atoms. The van der Waals surface area contributed by atoms with E-state index >= 15 is 0 Å². The number of aliphatic hydroxyl groups is 3. The molecule has 3 aliphatic carbocycles. The number of nitrogens with one attached hydrogen (secondary N) is 1. The van der Waals surface area contributed by atoms with Crippen LogP contribution >= 0.6 is 0 Å². The van der Waals surface area contributed by atoms with Gasteiger partial charge in [-0.25, -0.2) is 0 Å². The topological polar surface area (TPSA) is 268 Å². The van der Waals surface area contributed by atoms with E-state index in [1.54, 1.807) is 20.2 Å². The first-order valence-electron chi connectivity index (χ1n) is 13.5. The van der Waals surface area contributed by atoms with Gasteiger partial charge in [-0.1, -0.05) is 0 Å². The molecule has 9 N–H and O–H groups in total. The summed E-state index contributed by atoms with van der Waals surface area (Å²) in [6.45, 7) is 6.23. The quantitative estimate of drug-likeness (QED) is 0.118. The monoisotopic (exact) mass is 640 g/mol. The lowest BCUT2D eigenvalue weighted by Gasteiger charge is -2.50. The Morgan fingerprint density at radius 1 is 1.11 bits per heavy atom. The lowest BCUT2D eigenvalue weighted by molar-refractivity contribution is -0.148. The third-order valence-electron chi connectivity index (χ3n) is 8.11. The lowest BCUT2D eigenvalue weighted by Crippen LogP contribution is -2.63. The van der Waals surface area contributed by atoms with Crippen LogP contribution in [-0.2, 0) is 31.2 Å². The molecule has 16 nitrogen and oxygen atoms in total. The molecule has 0 heterocycles. The van der Waals surface area contributed by atoms with Crippen molar-refractivity contribution in [1.29, 1.82) is 0 Å². The minimum absolute atomic E-state index is 0.00232. The number of allylic oxidation sites excluding steroid dienone is 1. The van der Waals surface area contributed by atoms with Crippen molar-refractivity contribution in [3.8, 4) is 5.75 Å². The van der Waals surface area contributed by atoms with Gasteiger partial charge in [-0.05, 0) is 58.3 Å².